The molecule has 0 unspecified atom stereocenters. The van der Waals surface area contributed by atoms with Crippen LogP contribution in [-0.2, 0) is 0 Å². The highest BCUT2D eigenvalue weighted by Crippen LogP contribution is 2.24. The van der Waals surface area contributed by atoms with Crippen molar-refractivity contribution in [1.82, 2.24) is 9.55 Å². The second-order valence-corrected chi connectivity index (χ2v) is 6.90. The predicted molar refractivity (Wildman–Crippen MR) is 115 cm³/mol. The van der Waals surface area contributed by atoms with Gasteiger partial charge in [-0.15, -0.1) is 0 Å². The maximum Gasteiger partial charge on any atom is 0.258 e. The second kappa shape index (κ2) is 9.80. The Morgan fingerprint density at radius 3 is 2.76 bits per heavy atom. The van der Waals surface area contributed by atoms with Crippen molar-refractivity contribution in [3.8, 4) is 17.5 Å². The van der Waals surface area contributed by atoms with Gasteiger partial charge in [-0.3, -0.25) is 9.36 Å². The monoisotopic (exact) mass is 406 g/mol. The number of nitriles is 1. The normalized spacial score (nSPS) is 10.4. The van der Waals surface area contributed by atoms with Crippen LogP contribution in [-0.4, -0.2) is 34.9 Å². The maximum absolute atomic E-state index is 13.3. The number of carbonyl (C=O) groups excluding carboxylic acids is 1. The SMILES string of the molecule is CCOc1ccc(N(CCC#N)C(=O)c2cccc(-n3ccnc3SC)c2)cc1. The maximum atomic E-state index is 13.3. The smallest absolute Gasteiger partial charge is 0.258 e. The highest BCUT2D eigenvalue weighted by Gasteiger charge is 2.18. The molecule has 3 rings (SSSR count). The van der Waals surface area contributed by atoms with Gasteiger partial charge in [0.2, 0.25) is 0 Å². The van der Waals surface area contributed by atoms with E-state index in [1.165, 1.54) is 11.8 Å². The Labute approximate surface area is 174 Å². The summed E-state index contributed by atoms with van der Waals surface area (Å²) in [5.41, 5.74) is 2.14. The zero-order chi connectivity index (χ0) is 20.6. The lowest BCUT2D eigenvalue weighted by atomic mass is 10.1. The van der Waals surface area contributed by atoms with Gasteiger partial charge >= 0.3 is 0 Å². The number of hydrogen-bond acceptors (Lipinski definition) is 5. The number of rotatable bonds is 8. The molecule has 0 saturated carbocycles. The molecule has 0 bridgehead atoms. The van der Waals surface area contributed by atoms with Crippen LogP contribution in [0, 0.1) is 11.3 Å². The Morgan fingerprint density at radius 1 is 1.28 bits per heavy atom. The predicted octanol–water partition coefficient (Wildman–Crippen LogP) is 4.55. The molecular formula is C22H22N4O2S. The summed E-state index contributed by atoms with van der Waals surface area (Å²) in [7, 11) is 0. The molecule has 2 aromatic carbocycles. The molecule has 1 amide bonds. The van der Waals surface area contributed by atoms with Gasteiger partial charge in [-0.2, -0.15) is 5.26 Å². The highest BCUT2D eigenvalue weighted by molar-refractivity contribution is 7.98. The topological polar surface area (TPSA) is 71.2 Å². The van der Waals surface area contributed by atoms with Gasteiger partial charge in [0.05, 0.1) is 19.1 Å². The molecule has 7 heteroatoms. The van der Waals surface area contributed by atoms with E-state index in [2.05, 4.69) is 11.1 Å². The van der Waals surface area contributed by atoms with Crippen LogP contribution in [0.3, 0.4) is 0 Å². The van der Waals surface area contributed by atoms with E-state index in [1.807, 2.05) is 66.4 Å². The van der Waals surface area contributed by atoms with Gasteiger partial charge in [0.15, 0.2) is 5.16 Å². The van der Waals surface area contributed by atoms with E-state index in [-0.39, 0.29) is 12.3 Å². The first-order valence-corrected chi connectivity index (χ1v) is 10.5. The third-order valence-electron chi connectivity index (χ3n) is 4.31. The number of anilines is 1. The number of amides is 1. The van der Waals surface area contributed by atoms with E-state index in [1.54, 1.807) is 17.2 Å². The number of aromatic nitrogens is 2. The van der Waals surface area contributed by atoms with Gasteiger partial charge in [-0.05, 0) is 55.6 Å². The van der Waals surface area contributed by atoms with Crippen molar-refractivity contribution in [1.29, 1.82) is 5.26 Å². The van der Waals surface area contributed by atoms with Gasteiger partial charge in [0.1, 0.15) is 5.75 Å². The Balaban J connectivity index is 1.92. The van der Waals surface area contributed by atoms with Crippen molar-refractivity contribution in [3.63, 3.8) is 0 Å². The van der Waals surface area contributed by atoms with Gasteiger partial charge in [-0.1, -0.05) is 17.8 Å². The summed E-state index contributed by atoms with van der Waals surface area (Å²) in [6.07, 6.45) is 5.81. The first kappa shape index (κ1) is 20.5. The van der Waals surface area contributed by atoms with Crippen molar-refractivity contribution < 1.29 is 9.53 Å². The number of carbonyl (C=O) groups is 1. The lowest BCUT2D eigenvalue weighted by Crippen LogP contribution is -2.31. The number of nitrogens with zero attached hydrogens (tertiary/aromatic N) is 4. The molecule has 6 nitrogen and oxygen atoms in total. The minimum atomic E-state index is -0.155. The molecule has 3 aromatic rings. The Morgan fingerprint density at radius 2 is 2.07 bits per heavy atom. The van der Waals surface area contributed by atoms with E-state index < -0.39 is 0 Å². The average Bonchev–Trinajstić information content (AvgIpc) is 3.24. The minimum absolute atomic E-state index is 0.155. The average molecular weight is 407 g/mol. The molecule has 0 N–H and O–H groups in total. The van der Waals surface area contributed by atoms with Gasteiger partial charge in [-0.25, -0.2) is 4.98 Å². The lowest BCUT2D eigenvalue weighted by Gasteiger charge is -2.22. The zero-order valence-electron chi connectivity index (χ0n) is 16.4. The Bertz CT molecular complexity index is 1010. The van der Waals surface area contributed by atoms with Crippen LogP contribution in [0.2, 0.25) is 0 Å². The molecule has 0 atom stereocenters. The zero-order valence-corrected chi connectivity index (χ0v) is 17.2. The summed E-state index contributed by atoms with van der Waals surface area (Å²) in [5.74, 6) is 0.590. The van der Waals surface area contributed by atoms with Gasteiger partial charge < -0.3 is 9.64 Å². The molecule has 148 valence electrons. The summed E-state index contributed by atoms with van der Waals surface area (Å²) in [6.45, 7) is 2.82. The molecule has 0 radical (unpaired) electrons. The third kappa shape index (κ3) is 4.79. The first-order chi connectivity index (χ1) is 14.2. The van der Waals surface area contributed by atoms with Crippen molar-refractivity contribution >= 4 is 23.4 Å². The van der Waals surface area contributed by atoms with E-state index in [9.17, 15) is 4.79 Å². The molecule has 0 saturated heterocycles. The van der Waals surface area contributed by atoms with E-state index in [4.69, 9.17) is 10.00 Å². The summed E-state index contributed by atoms with van der Waals surface area (Å²) >= 11 is 1.54. The van der Waals surface area contributed by atoms with Crippen LogP contribution < -0.4 is 9.64 Å². The van der Waals surface area contributed by atoms with Crippen LogP contribution >= 0.6 is 11.8 Å². The van der Waals surface area contributed by atoms with Crippen LogP contribution in [0.25, 0.3) is 5.69 Å². The number of thioether (sulfide) groups is 1. The molecule has 1 aromatic heterocycles. The summed E-state index contributed by atoms with van der Waals surface area (Å²) in [5, 5.41) is 9.88. The summed E-state index contributed by atoms with van der Waals surface area (Å²) in [4.78, 5) is 19.2. The fraction of sp³-hybridized carbons (Fsp3) is 0.227. The van der Waals surface area contributed by atoms with E-state index in [0.29, 0.717) is 18.7 Å². The van der Waals surface area contributed by atoms with Gasteiger partial charge in [0, 0.05) is 35.9 Å². The summed E-state index contributed by atoms with van der Waals surface area (Å²) in [6, 6.07) is 16.9. The van der Waals surface area contributed by atoms with E-state index in [0.717, 1.165) is 22.3 Å². The molecule has 0 fully saturated rings. The molecular weight excluding hydrogens is 384 g/mol. The van der Waals surface area contributed by atoms with Crippen molar-refractivity contribution in [2.75, 3.05) is 24.3 Å². The Kier molecular flexibility index (Phi) is 6.93. The highest BCUT2D eigenvalue weighted by atomic mass is 32.2. The third-order valence-corrected chi connectivity index (χ3v) is 4.98. The summed E-state index contributed by atoms with van der Waals surface area (Å²) < 4.78 is 7.42. The molecule has 0 aliphatic rings. The Hall–Kier alpha value is -3.24. The van der Waals surface area contributed by atoms with Crippen LogP contribution in [0.1, 0.15) is 23.7 Å². The molecule has 0 spiro atoms. The number of benzene rings is 2. The van der Waals surface area contributed by atoms with Crippen molar-refractivity contribution in [2.45, 2.75) is 18.5 Å². The second-order valence-electron chi connectivity index (χ2n) is 6.13. The van der Waals surface area contributed by atoms with Gasteiger partial charge in [0.25, 0.3) is 5.91 Å². The molecule has 29 heavy (non-hydrogen) atoms. The minimum Gasteiger partial charge on any atom is -0.494 e. The lowest BCUT2D eigenvalue weighted by molar-refractivity contribution is 0.0987. The molecule has 1 heterocycles. The number of imidazole rings is 1. The van der Waals surface area contributed by atoms with Crippen molar-refractivity contribution in [3.05, 3.63) is 66.5 Å². The fourth-order valence-electron chi connectivity index (χ4n) is 2.98. The fourth-order valence-corrected chi connectivity index (χ4v) is 3.51. The standard InChI is InChI=1S/C22H22N4O2S/c1-3-28-20-10-8-18(9-11-20)25(14-5-12-23)21(27)17-6-4-7-19(16-17)26-15-13-24-22(26)29-2/h4,6-11,13,15-16H,3,5,14H2,1-2H3. The van der Waals surface area contributed by atoms with E-state index >= 15 is 0 Å². The molecule has 0 aliphatic carbocycles. The largest absolute Gasteiger partial charge is 0.494 e. The van der Waals surface area contributed by atoms with Crippen LogP contribution in [0.5, 0.6) is 5.75 Å². The number of hydrogen-bond donors (Lipinski definition) is 0. The molecule has 0 aliphatic heterocycles. The van der Waals surface area contributed by atoms with Crippen molar-refractivity contribution in [2.24, 2.45) is 0 Å². The number of ether oxygens (including phenoxy) is 1. The van der Waals surface area contributed by atoms with Crippen LogP contribution in [0.4, 0.5) is 5.69 Å². The quantitative estimate of drug-likeness (QED) is 0.513. The first-order valence-electron chi connectivity index (χ1n) is 9.27. The van der Waals surface area contributed by atoms with Crippen LogP contribution in [0.15, 0.2) is 66.1 Å².